The van der Waals surface area contributed by atoms with E-state index in [4.69, 9.17) is 19.9 Å². The summed E-state index contributed by atoms with van der Waals surface area (Å²) in [5.74, 6) is 1.72. The van der Waals surface area contributed by atoms with Crippen molar-refractivity contribution in [2.24, 2.45) is 5.73 Å². The second kappa shape index (κ2) is 8.78. The predicted octanol–water partition coefficient (Wildman–Crippen LogP) is 2.00. The van der Waals surface area contributed by atoms with Gasteiger partial charge in [0, 0.05) is 19.6 Å². The molecule has 1 aromatic carbocycles. The average molecular weight is 253 g/mol. The van der Waals surface area contributed by atoms with Crippen LogP contribution in [0.2, 0.25) is 0 Å². The van der Waals surface area contributed by atoms with Crippen LogP contribution in [-0.2, 0) is 11.2 Å². The molecule has 0 fully saturated rings. The van der Waals surface area contributed by atoms with Crippen molar-refractivity contribution >= 4 is 0 Å². The van der Waals surface area contributed by atoms with Crippen molar-refractivity contribution in [3.8, 4) is 11.5 Å². The lowest BCUT2D eigenvalue weighted by Gasteiger charge is -2.12. The van der Waals surface area contributed by atoms with E-state index in [9.17, 15) is 0 Å². The molecule has 0 saturated heterocycles. The molecule has 1 aromatic rings. The maximum atomic E-state index is 5.74. The average Bonchev–Trinajstić information content (AvgIpc) is 2.40. The smallest absolute Gasteiger partial charge is 0.122 e. The van der Waals surface area contributed by atoms with Crippen molar-refractivity contribution in [1.29, 1.82) is 0 Å². The van der Waals surface area contributed by atoms with Gasteiger partial charge in [0.15, 0.2) is 0 Å². The van der Waals surface area contributed by atoms with Gasteiger partial charge in [0.2, 0.25) is 0 Å². The summed E-state index contributed by atoms with van der Waals surface area (Å²) in [5, 5.41) is 0. The molecule has 0 aliphatic carbocycles. The molecule has 0 aliphatic rings. The van der Waals surface area contributed by atoms with Crippen molar-refractivity contribution in [2.45, 2.75) is 19.8 Å². The molecule has 0 unspecified atom stereocenters. The van der Waals surface area contributed by atoms with Gasteiger partial charge in [-0.3, -0.25) is 0 Å². The van der Waals surface area contributed by atoms with Crippen LogP contribution < -0.4 is 15.2 Å². The standard InChI is InChI=1S/C14H23NO3/c1-3-17-9-4-10-18-14-6-5-13(16-2)11-12(14)7-8-15/h5-6,11H,3-4,7-10,15H2,1-2H3. The van der Waals surface area contributed by atoms with Crippen molar-refractivity contribution in [3.05, 3.63) is 23.8 Å². The van der Waals surface area contributed by atoms with Crippen LogP contribution in [0.15, 0.2) is 18.2 Å². The Labute approximate surface area is 109 Å². The molecule has 0 saturated carbocycles. The molecule has 0 atom stereocenters. The normalized spacial score (nSPS) is 10.4. The minimum absolute atomic E-state index is 0.600. The Morgan fingerprint density at radius 1 is 1.22 bits per heavy atom. The zero-order chi connectivity index (χ0) is 13.2. The lowest BCUT2D eigenvalue weighted by atomic mass is 10.1. The molecular formula is C14H23NO3. The highest BCUT2D eigenvalue weighted by molar-refractivity contribution is 5.40. The number of hydrogen-bond acceptors (Lipinski definition) is 4. The van der Waals surface area contributed by atoms with Gasteiger partial charge < -0.3 is 19.9 Å². The van der Waals surface area contributed by atoms with E-state index < -0.39 is 0 Å². The molecule has 0 bridgehead atoms. The highest BCUT2D eigenvalue weighted by Crippen LogP contribution is 2.24. The highest BCUT2D eigenvalue weighted by Gasteiger charge is 2.05. The topological polar surface area (TPSA) is 53.7 Å². The van der Waals surface area contributed by atoms with Gasteiger partial charge in [0.25, 0.3) is 0 Å². The van der Waals surface area contributed by atoms with Crippen LogP contribution in [0.3, 0.4) is 0 Å². The number of hydrogen-bond donors (Lipinski definition) is 1. The van der Waals surface area contributed by atoms with E-state index in [1.54, 1.807) is 7.11 Å². The summed E-state index contributed by atoms with van der Waals surface area (Å²) in [6, 6.07) is 5.81. The van der Waals surface area contributed by atoms with Crippen LogP contribution in [0.4, 0.5) is 0 Å². The fourth-order valence-electron chi connectivity index (χ4n) is 1.66. The van der Waals surface area contributed by atoms with Gasteiger partial charge >= 0.3 is 0 Å². The number of ether oxygens (including phenoxy) is 3. The number of benzene rings is 1. The molecule has 2 N–H and O–H groups in total. The molecule has 0 aliphatic heterocycles. The fourth-order valence-corrected chi connectivity index (χ4v) is 1.66. The number of rotatable bonds is 9. The molecule has 0 radical (unpaired) electrons. The Kier molecular flexibility index (Phi) is 7.22. The minimum atomic E-state index is 0.600. The summed E-state index contributed by atoms with van der Waals surface area (Å²) in [7, 11) is 1.66. The van der Waals surface area contributed by atoms with Gasteiger partial charge in [-0.05, 0) is 43.7 Å². The minimum Gasteiger partial charge on any atom is -0.497 e. The first-order valence-electron chi connectivity index (χ1n) is 6.39. The molecule has 0 aromatic heterocycles. The maximum absolute atomic E-state index is 5.74. The number of methoxy groups -OCH3 is 1. The SMILES string of the molecule is CCOCCCOc1ccc(OC)cc1CCN. The number of nitrogens with two attached hydrogens (primary N) is 1. The van der Waals surface area contributed by atoms with Gasteiger partial charge in [-0.25, -0.2) is 0 Å². The van der Waals surface area contributed by atoms with Crippen LogP contribution >= 0.6 is 0 Å². The van der Waals surface area contributed by atoms with Crippen molar-refractivity contribution in [3.63, 3.8) is 0 Å². The van der Waals surface area contributed by atoms with E-state index in [-0.39, 0.29) is 0 Å². The van der Waals surface area contributed by atoms with E-state index in [1.165, 1.54) is 0 Å². The summed E-state index contributed by atoms with van der Waals surface area (Å²) < 4.78 is 16.2. The quantitative estimate of drug-likeness (QED) is 0.684. The molecule has 18 heavy (non-hydrogen) atoms. The summed E-state index contributed by atoms with van der Waals surface area (Å²) in [5.41, 5.74) is 6.69. The Hall–Kier alpha value is -1.26. The largest absolute Gasteiger partial charge is 0.497 e. The Bertz CT molecular complexity index is 342. The second-order valence-electron chi connectivity index (χ2n) is 3.91. The van der Waals surface area contributed by atoms with Crippen LogP contribution in [0.1, 0.15) is 18.9 Å². The molecule has 4 nitrogen and oxygen atoms in total. The lowest BCUT2D eigenvalue weighted by molar-refractivity contribution is 0.130. The van der Waals surface area contributed by atoms with Crippen molar-refractivity contribution < 1.29 is 14.2 Å². The van der Waals surface area contributed by atoms with Crippen molar-refractivity contribution in [1.82, 2.24) is 0 Å². The molecule has 0 amide bonds. The zero-order valence-electron chi connectivity index (χ0n) is 11.3. The molecule has 1 rings (SSSR count). The van der Waals surface area contributed by atoms with E-state index in [1.807, 2.05) is 25.1 Å². The third kappa shape index (κ3) is 4.94. The third-order valence-corrected chi connectivity index (χ3v) is 2.58. The van der Waals surface area contributed by atoms with Gasteiger partial charge in [0.1, 0.15) is 11.5 Å². The summed E-state index contributed by atoms with van der Waals surface area (Å²) in [4.78, 5) is 0. The van der Waals surface area contributed by atoms with Gasteiger partial charge in [-0.15, -0.1) is 0 Å². The first kappa shape index (κ1) is 14.8. The fraction of sp³-hybridized carbons (Fsp3) is 0.571. The second-order valence-corrected chi connectivity index (χ2v) is 3.91. The van der Waals surface area contributed by atoms with Crippen LogP contribution in [0.5, 0.6) is 11.5 Å². The first-order chi connectivity index (χ1) is 8.81. The molecule has 0 spiro atoms. The molecule has 0 heterocycles. The molecule has 4 heteroatoms. The van der Waals surface area contributed by atoms with Crippen molar-refractivity contribution in [2.75, 3.05) is 33.5 Å². The maximum Gasteiger partial charge on any atom is 0.122 e. The first-order valence-corrected chi connectivity index (χ1v) is 6.39. The van der Waals surface area contributed by atoms with Gasteiger partial charge in [-0.2, -0.15) is 0 Å². The van der Waals surface area contributed by atoms with E-state index in [0.29, 0.717) is 13.2 Å². The monoisotopic (exact) mass is 253 g/mol. The Balaban J connectivity index is 2.52. The van der Waals surface area contributed by atoms with E-state index >= 15 is 0 Å². The third-order valence-electron chi connectivity index (χ3n) is 2.58. The van der Waals surface area contributed by atoms with Crippen LogP contribution in [-0.4, -0.2) is 33.5 Å². The Morgan fingerprint density at radius 2 is 2.06 bits per heavy atom. The molecule has 102 valence electrons. The lowest BCUT2D eigenvalue weighted by Crippen LogP contribution is -2.07. The molecular weight excluding hydrogens is 230 g/mol. The Morgan fingerprint density at radius 3 is 2.72 bits per heavy atom. The van der Waals surface area contributed by atoms with E-state index in [2.05, 4.69) is 0 Å². The predicted molar refractivity (Wildman–Crippen MR) is 72.4 cm³/mol. The van der Waals surface area contributed by atoms with Crippen LogP contribution in [0.25, 0.3) is 0 Å². The van der Waals surface area contributed by atoms with Crippen LogP contribution in [0, 0.1) is 0 Å². The summed E-state index contributed by atoms with van der Waals surface area (Å²) in [6.45, 7) is 4.73. The summed E-state index contributed by atoms with van der Waals surface area (Å²) in [6.07, 6.45) is 1.68. The van der Waals surface area contributed by atoms with Gasteiger partial charge in [-0.1, -0.05) is 0 Å². The zero-order valence-corrected chi connectivity index (χ0v) is 11.3. The van der Waals surface area contributed by atoms with Gasteiger partial charge in [0.05, 0.1) is 13.7 Å². The summed E-state index contributed by atoms with van der Waals surface area (Å²) >= 11 is 0. The highest BCUT2D eigenvalue weighted by atomic mass is 16.5. The van der Waals surface area contributed by atoms with E-state index in [0.717, 1.165) is 43.1 Å².